The maximum absolute atomic E-state index is 12.7. The summed E-state index contributed by atoms with van der Waals surface area (Å²) in [7, 11) is 1.55. The fourth-order valence-corrected chi connectivity index (χ4v) is 3.43. The molecule has 0 aromatic heterocycles. The van der Waals surface area contributed by atoms with Crippen molar-refractivity contribution in [3.8, 4) is 5.75 Å². The van der Waals surface area contributed by atoms with Crippen molar-refractivity contribution in [3.05, 3.63) is 59.1 Å². The molecule has 7 heteroatoms. The average molecular weight is 402 g/mol. The van der Waals surface area contributed by atoms with Crippen molar-refractivity contribution in [2.24, 2.45) is 0 Å². The molecule has 3 rings (SSSR count). The Morgan fingerprint density at radius 2 is 1.75 bits per heavy atom. The first-order chi connectivity index (χ1) is 13.5. The second-order valence-corrected chi connectivity index (χ2v) is 7.14. The number of hydrogen-bond donors (Lipinski definition) is 1. The Labute approximate surface area is 170 Å². The zero-order chi connectivity index (χ0) is 20.1. The van der Waals surface area contributed by atoms with E-state index in [1.807, 2.05) is 42.2 Å². The van der Waals surface area contributed by atoms with Crippen molar-refractivity contribution in [2.75, 3.05) is 38.6 Å². The van der Waals surface area contributed by atoms with Gasteiger partial charge in [0.25, 0.3) is 5.91 Å². The highest BCUT2D eigenvalue weighted by Gasteiger charge is 2.28. The number of nitrogens with one attached hydrogen (secondary N) is 1. The monoisotopic (exact) mass is 401 g/mol. The highest BCUT2D eigenvalue weighted by Crippen LogP contribution is 2.28. The lowest BCUT2D eigenvalue weighted by molar-refractivity contribution is -0.121. The van der Waals surface area contributed by atoms with Gasteiger partial charge in [0.2, 0.25) is 5.91 Å². The van der Waals surface area contributed by atoms with Gasteiger partial charge in [-0.25, -0.2) is 0 Å². The number of benzene rings is 2. The standard InChI is InChI=1S/C21H24ClN3O3/c1-15(20(26)23-18-14-17(22)8-9-19(18)28-2)24-10-12-25(13-11-24)21(27)16-6-4-3-5-7-16/h3-9,14-15H,10-13H2,1-2H3,(H,23,26). The van der Waals surface area contributed by atoms with E-state index in [1.54, 1.807) is 25.3 Å². The van der Waals surface area contributed by atoms with Crippen LogP contribution in [0.4, 0.5) is 5.69 Å². The summed E-state index contributed by atoms with van der Waals surface area (Å²) < 4.78 is 5.28. The third-order valence-electron chi connectivity index (χ3n) is 4.97. The summed E-state index contributed by atoms with van der Waals surface area (Å²) in [5.74, 6) is 0.452. The quantitative estimate of drug-likeness (QED) is 0.836. The number of hydrogen-bond acceptors (Lipinski definition) is 4. The maximum Gasteiger partial charge on any atom is 0.253 e. The van der Waals surface area contributed by atoms with E-state index in [2.05, 4.69) is 10.2 Å². The Morgan fingerprint density at radius 3 is 2.39 bits per heavy atom. The van der Waals surface area contributed by atoms with Crippen molar-refractivity contribution in [1.82, 2.24) is 9.80 Å². The van der Waals surface area contributed by atoms with Gasteiger partial charge in [-0.15, -0.1) is 0 Å². The lowest BCUT2D eigenvalue weighted by Gasteiger charge is -2.37. The second-order valence-electron chi connectivity index (χ2n) is 6.70. The summed E-state index contributed by atoms with van der Waals surface area (Å²) in [5, 5.41) is 3.41. The molecule has 2 aromatic carbocycles. The predicted molar refractivity (Wildman–Crippen MR) is 110 cm³/mol. The Morgan fingerprint density at radius 1 is 1.07 bits per heavy atom. The molecule has 2 aromatic rings. The highest BCUT2D eigenvalue weighted by atomic mass is 35.5. The number of methoxy groups -OCH3 is 1. The molecule has 0 saturated carbocycles. The van der Waals surface area contributed by atoms with Crippen LogP contribution in [0.2, 0.25) is 5.02 Å². The maximum atomic E-state index is 12.7. The minimum Gasteiger partial charge on any atom is -0.495 e. The number of carbonyl (C=O) groups is 2. The van der Waals surface area contributed by atoms with Gasteiger partial charge >= 0.3 is 0 Å². The molecule has 0 bridgehead atoms. The van der Waals surface area contributed by atoms with Crippen LogP contribution in [-0.2, 0) is 4.79 Å². The van der Waals surface area contributed by atoms with Gasteiger partial charge in [0.05, 0.1) is 18.8 Å². The van der Waals surface area contributed by atoms with Gasteiger partial charge in [0.15, 0.2) is 0 Å². The normalized spacial score (nSPS) is 15.8. The number of piperazine rings is 1. The number of rotatable bonds is 5. The van der Waals surface area contributed by atoms with Crippen LogP contribution in [0.25, 0.3) is 0 Å². The molecule has 1 unspecified atom stereocenters. The lowest BCUT2D eigenvalue weighted by Crippen LogP contribution is -2.54. The first-order valence-corrected chi connectivity index (χ1v) is 9.60. The number of amides is 2. The SMILES string of the molecule is COc1ccc(Cl)cc1NC(=O)C(C)N1CCN(C(=O)c2ccccc2)CC1. The minimum absolute atomic E-state index is 0.0287. The molecule has 1 saturated heterocycles. The topological polar surface area (TPSA) is 61.9 Å². The summed E-state index contributed by atoms with van der Waals surface area (Å²) >= 11 is 6.03. The molecule has 2 amide bonds. The number of carbonyl (C=O) groups excluding carboxylic acids is 2. The lowest BCUT2D eigenvalue weighted by atomic mass is 10.1. The van der Waals surface area contributed by atoms with Crippen molar-refractivity contribution < 1.29 is 14.3 Å². The van der Waals surface area contributed by atoms with Crippen molar-refractivity contribution in [3.63, 3.8) is 0 Å². The molecule has 1 aliphatic heterocycles. The van der Waals surface area contributed by atoms with E-state index >= 15 is 0 Å². The average Bonchev–Trinajstić information content (AvgIpc) is 2.73. The molecule has 1 N–H and O–H groups in total. The van der Waals surface area contributed by atoms with Crippen LogP contribution in [0.1, 0.15) is 17.3 Å². The Kier molecular flexibility index (Phi) is 6.54. The van der Waals surface area contributed by atoms with E-state index in [4.69, 9.17) is 16.3 Å². The van der Waals surface area contributed by atoms with Crippen LogP contribution in [-0.4, -0.2) is 60.9 Å². The first kappa shape index (κ1) is 20.2. The number of ether oxygens (including phenoxy) is 1. The van der Waals surface area contributed by atoms with Gasteiger partial charge < -0.3 is 15.0 Å². The molecule has 1 atom stereocenters. The third-order valence-corrected chi connectivity index (χ3v) is 5.20. The highest BCUT2D eigenvalue weighted by molar-refractivity contribution is 6.31. The van der Waals surface area contributed by atoms with Gasteiger partial charge in [-0.05, 0) is 37.3 Å². The molecule has 6 nitrogen and oxygen atoms in total. The Balaban J connectivity index is 1.57. The van der Waals surface area contributed by atoms with Gasteiger partial charge in [0.1, 0.15) is 5.75 Å². The summed E-state index contributed by atoms with van der Waals surface area (Å²) in [5.41, 5.74) is 1.24. The van der Waals surface area contributed by atoms with Crippen molar-refractivity contribution >= 4 is 29.1 Å². The van der Waals surface area contributed by atoms with Crippen LogP contribution >= 0.6 is 11.6 Å². The predicted octanol–water partition coefficient (Wildman–Crippen LogP) is 3.13. The fourth-order valence-electron chi connectivity index (χ4n) is 3.26. The molecule has 1 aliphatic rings. The minimum atomic E-state index is -0.335. The second kappa shape index (κ2) is 9.08. The summed E-state index contributed by atoms with van der Waals surface area (Å²) in [6, 6.07) is 14.0. The summed E-state index contributed by atoms with van der Waals surface area (Å²) in [6.07, 6.45) is 0. The van der Waals surface area contributed by atoms with E-state index in [9.17, 15) is 9.59 Å². The van der Waals surface area contributed by atoms with Crippen LogP contribution in [0, 0.1) is 0 Å². The molecule has 0 spiro atoms. The smallest absolute Gasteiger partial charge is 0.253 e. The zero-order valence-electron chi connectivity index (χ0n) is 16.0. The van der Waals surface area contributed by atoms with Crippen molar-refractivity contribution in [2.45, 2.75) is 13.0 Å². The summed E-state index contributed by atoms with van der Waals surface area (Å²) in [6.45, 7) is 4.32. The van der Waals surface area contributed by atoms with Gasteiger partial charge in [-0.3, -0.25) is 14.5 Å². The molecular formula is C21H24ClN3O3. The van der Waals surface area contributed by atoms with E-state index in [0.717, 1.165) is 0 Å². The molecule has 1 fully saturated rings. The van der Waals surface area contributed by atoms with Crippen LogP contribution in [0.3, 0.4) is 0 Å². The largest absolute Gasteiger partial charge is 0.495 e. The zero-order valence-corrected chi connectivity index (χ0v) is 16.8. The van der Waals surface area contributed by atoms with Crippen LogP contribution in [0.5, 0.6) is 5.75 Å². The first-order valence-electron chi connectivity index (χ1n) is 9.22. The van der Waals surface area contributed by atoms with E-state index in [1.165, 1.54) is 0 Å². The molecule has 28 heavy (non-hydrogen) atoms. The van der Waals surface area contributed by atoms with E-state index in [0.29, 0.717) is 48.2 Å². The van der Waals surface area contributed by atoms with E-state index < -0.39 is 0 Å². The van der Waals surface area contributed by atoms with E-state index in [-0.39, 0.29) is 17.9 Å². The molecule has 0 radical (unpaired) electrons. The third kappa shape index (κ3) is 4.64. The molecular weight excluding hydrogens is 378 g/mol. The molecule has 0 aliphatic carbocycles. The molecule has 148 valence electrons. The summed E-state index contributed by atoms with van der Waals surface area (Å²) in [4.78, 5) is 29.2. The Hall–Kier alpha value is -2.57. The van der Waals surface area contributed by atoms with Crippen molar-refractivity contribution in [1.29, 1.82) is 0 Å². The van der Waals surface area contributed by atoms with Crippen LogP contribution < -0.4 is 10.1 Å². The Bertz CT molecular complexity index is 836. The number of anilines is 1. The van der Waals surface area contributed by atoms with Gasteiger partial charge in [0, 0.05) is 36.8 Å². The van der Waals surface area contributed by atoms with Gasteiger partial charge in [-0.2, -0.15) is 0 Å². The number of halogens is 1. The number of nitrogens with zero attached hydrogens (tertiary/aromatic N) is 2. The molecule has 1 heterocycles. The van der Waals surface area contributed by atoms with Gasteiger partial charge in [-0.1, -0.05) is 29.8 Å². The van der Waals surface area contributed by atoms with Crippen LogP contribution in [0.15, 0.2) is 48.5 Å². The fraction of sp³-hybridized carbons (Fsp3) is 0.333.